The number of likely N-dealkylation sites (N-methyl/N-ethyl adjacent to an activating group) is 1. The molecule has 3 heteroatoms. The molecule has 0 radical (unpaired) electrons. The Morgan fingerprint density at radius 3 is 2.53 bits per heavy atom. The molecule has 0 amide bonds. The summed E-state index contributed by atoms with van der Waals surface area (Å²) >= 11 is 0. The first kappa shape index (κ1) is 13.3. The Bertz CT molecular complexity index is 246. The molecule has 0 aromatic rings. The molecule has 100 valence electrons. The van der Waals surface area contributed by atoms with E-state index in [-0.39, 0.29) is 5.54 Å². The Labute approximate surface area is 107 Å². The van der Waals surface area contributed by atoms with Gasteiger partial charge in [0.15, 0.2) is 0 Å². The number of fused-ring (bicyclic) bond motifs is 2. The number of hydrogen-bond acceptors (Lipinski definition) is 3. The fourth-order valence-electron chi connectivity index (χ4n) is 3.17. The summed E-state index contributed by atoms with van der Waals surface area (Å²) in [5.74, 6) is 0. The highest BCUT2D eigenvalue weighted by Crippen LogP contribution is 2.28. The maximum atomic E-state index is 3.59. The summed E-state index contributed by atoms with van der Waals surface area (Å²) in [5.41, 5.74) is 0.252. The highest BCUT2D eigenvalue weighted by Gasteiger charge is 2.34. The summed E-state index contributed by atoms with van der Waals surface area (Å²) in [6.45, 7) is 11.6. The maximum absolute atomic E-state index is 3.59. The van der Waals surface area contributed by atoms with Crippen LogP contribution in [0.25, 0.3) is 0 Å². The first-order valence-corrected chi connectivity index (χ1v) is 7.15. The van der Waals surface area contributed by atoms with Crippen LogP contribution < -0.4 is 5.32 Å². The summed E-state index contributed by atoms with van der Waals surface area (Å²) in [4.78, 5) is 5.27. The van der Waals surface area contributed by atoms with Gasteiger partial charge >= 0.3 is 0 Å². The minimum atomic E-state index is 0.252. The molecule has 17 heavy (non-hydrogen) atoms. The van der Waals surface area contributed by atoms with E-state index >= 15 is 0 Å². The summed E-state index contributed by atoms with van der Waals surface area (Å²) in [5, 5.41) is 3.59. The minimum absolute atomic E-state index is 0.252. The quantitative estimate of drug-likeness (QED) is 0.806. The third kappa shape index (κ3) is 3.67. The number of nitrogens with zero attached hydrogens (tertiary/aromatic N) is 2. The molecular weight excluding hydrogens is 210 g/mol. The normalized spacial score (nSPS) is 31.8. The number of nitrogens with one attached hydrogen (secondary N) is 1. The zero-order chi connectivity index (χ0) is 12.5. The number of likely N-dealkylation sites (tertiary alicyclic amines) is 1. The van der Waals surface area contributed by atoms with E-state index in [2.05, 4.69) is 42.9 Å². The first-order chi connectivity index (χ1) is 7.96. The number of hydrogen-bond donors (Lipinski definition) is 1. The molecule has 2 saturated heterocycles. The monoisotopic (exact) mass is 239 g/mol. The topological polar surface area (TPSA) is 18.5 Å². The zero-order valence-corrected chi connectivity index (χ0v) is 12.0. The van der Waals surface area contributed by atoms with E-state index in [0.29, 0.717) is 0 Å². The molecule has 2 atom stereocenters. The molecule has 0 aromatic carbocycles. The largest absolute Gasteiger partial charge is 0.311 e. The van der Waals surface area contributed by atoms with Crippen molar-refractivity contribution >= 4 is 0 Å². The second-order valence-electron chi connectivity index (χ2n) is 6.82. The van der Waals surface area contributed by atoms with Crippen molar-refractivity contribution < 1.29 is 0 Å². The van der Waals surface area contributed by atoms with Gasteiger partial charge in [-0.3, -0.25) is 4.90 Å². The van der Waals surface area contributed by atoms with Gasteiger partial charge in [0.25, 0.3) is 0 Å². The Balaban J connectivity index is 1.76. The minimum Gasteiger partial charge on any atom is -0.311 e. The van der Waals surface area contributed by atoms with Crippen LogP contribution in [0.3, 0.4) is 0 Å². The summed E-state index contributed by atoms with van der Waals surface area (Å²) in [6.07, 6.45) is 4.20. The lowest BCUT2D eigenvalue weighted by atomic mass is 10.1. The molecule has 0 aliphatic carbocycles. The van der Waals surface area contributed by atoms with Crippen LogP contribution in [0.15, 0.2) is 0 Å². The standard InChI is InChI=1S/C14H29N3/c1-14(2,3)15-8-10-17-9-7-12-5-6-13(11-17)16(12)4/h12-13,15H,5-11H2,1-4H3. The van der Waals surface area contributed by atoms with Gasteiger partial charge < -0.3 is 10.2 Å². The molecule has 0 spiro atoms. The van der Waals surface area contributed by atoms with Crippen LogP contribution in [0, 0.1) is 0 Å². The van der Waals surface area contributed by atoms with Crippen molar-refractivity contribution in [2.75, 3.05) is 33.2 Å². The second-order valence-corrected chi connectivity index (χ2v) is 6.82. The van der Waals surface area contributed by atoms with E-state index in [0.717, 1.165) is 18.6 Å². The molecule has 1 N–H and O–H groups in total. The van der Waals surface area contributed by atoms with Crippen molar-refractivity contribution in [3.05, 3.63) is 0 Å². The van der Waals surface area contributed by atoms with E-state index in [4.69, 9.17) is 0 Å². The van der Waals surface area contributed by atoms with Gasteiger partial charge in [0, 0.05) is 37.3 Å². The van der Waals surface area contributed by atoms with Crippen LogP contribution in [-0.2, 0) is 0 Å². The van der Waals surface area contributed by atoms with Crippen molar-refractivity contribution in [1.29, 1.82) is 0 Å². The molecule has 2 fully saturated rings. The number of rotatable bonds is 3. The van der Waals surface area contributed by atoms with E-state index in [1.807, 2.05) is 0 Å². The predicted molar refractivity (Wildman–Crippen MR) is 73.4 cm³/mol. The average molecular weight is 239 g/mol. The van der Waals surface area contributed by atoms with Crippen molar-refractivity contribution in [2.24, 2.45) is 0 Å². The molecule has 2 rings (SSSR count). The molecule has 0 saturated carbocycles. The Kier molecular flexibility index (Phi) is 4.11. The highest BCUT2D eigenvalue weighted by atomic mass is 15.3. The van der Waals surface area contributed by atoms with Crippen LogP contribution in [0.4, 0.5) is 0 Å². The molecule has 2 bridgehead atoms. The lowest BCUT2D eigenvalue weighted by Gasteiger charge is -2.27. The molecule has 2 heterocycles. The average Bonchev–Trinajstić information content (AvgIpc) is 2.43. The highest BCUT2D eigenvalue weighted by molar-refractivity contribution is 4.91. The summed E-state index contributed by atoms with van der Waals surface area (Å²) < 4.78 is 0. The Hall–Kier alpha value is -0.120. The molecule has 2 unspecified atom stereocenters. The molecule has 2 aliphatic heterocycles. The maximum Gasteiger partial charge on any atom is 0.0223 e. The van der Waals surface area contributed by atoms with Crippen LogP contribution in [-0.4, -0.2) is 60.6 Å². The van der Waals surface area contributed by atoms with Gasteiger partial charge in [-0.15, -0.1) is 0 Å². The van der Waals surface area contributed by atoms with Gasteiger partial charge in [-0.05, 0) is 53.6 Å². The van der Waals surface area contributed by atoms with Gasteiger partial charge in [-0.1, -0.05) is 0 Å². The fourth-order valence-corrected chi connectivity index (χ4v) is 3.17. The predicted octanol–water partition coefficient (Wildman–Crippen LogP) is 1.54. The van der Waals surface area contributed by atoms with Crippen molar-refractivity contribution in [1.82, 2.24) is 15.1 Å². The fraction of sp³-hybridized carbons (Fsp3) is 1.00. The molecule has 0 aromatic heterocycles. The van der Waals surface area contributed by atoms with Crippen LogP contribution in [0.1, 0.15) is 40.0 Å². The third-order valence-electron chi connectivity index (χ3n) is 4.32. The van der Waals surface area contributed by atoms with Gasteiger partial charge in [0.1, 0.15) is 0 Å². The molecule has 3 nitrogen and oxygen atoms in total. The summed E-state index contributed by atoms with van der Waals surface area (Å²) in [7, 11) is 2.32. The van der Waals surface area contributed by atoms with Crippen LogP contribution in [0.2, 0.25) is 0 Å². The lowest BCUT2D eigenvalue weighted by molar-refractivity contribution is 0.215. The van der Waals surface area contributed by atoms with Crippen molar-refractivity contribution in [3.8, 4) is 0 Å². The van der Waals surface area contributed by atoms with E-state index in [9.17, 15) is 0 Å². The van der Waals surface area contributed by atoms with E-state index in [1.165, 1.54) is 38.9 Å². The van der Waals surface area contributed by atoms with E-state index < -0.39 is 0 Å². The smallest absolute Gasteiger partial charge is 0.0223 e. The van der Waals surface area contributed by atoms with E-state index in [1.54, 1.807) is 0 Å². The van der Waals surface area contributed by atoms with Crippen molar-refractivity contribution in [3.63, 3.8) is 0 Å². The Morgan fingerprint density at radius 2 is 1.82 bits per heavy atom. The first-order valence-electron chi connectivity index (χ1n) is 7.15. The summed E-state index contributed by atoms with van der Waals surface area (Å²) in [6, 6.07) is 1.68. The van der Waals surface area contributed by atoms with Gasteiger partial charge in [-0.25, -0.2) is 0 Å². The molecule has 2 aliphatic rings. The van der Waals surface area contributed by atoms with Gasteiger partial charge in [0.2, 0.25) is 0 Å². The molecular formula is C14H29N3. The second kappa shape index (κ2) is 5.25. The Morgan fingerprint density at radius 1 is 1.12 bits per heavy atom. The SMILES string of the molecule is CN1C2CCC1CN(CCNC(C)(C)C)CC2. The zero-order valence-electron chi connectivity index (χ0n) is 12.0. The van der Waals surface area contributed by atoms with Crippen LogP contribution >= 0.6 is 0 Å². The lowest BCUT2D eigenvalue weighted by Crippen LogP contribution is -2.43. The van der Waals surface area contributed by atoms with Gasteiger partial charge in [0.05, 0.1) is 0 Å². The van der Waals surface area contributed by atoms with Crippen molar-refractivity contribution in [2.45, 2.75) is 57.7 Å². The van der Waals surface area contributed by atoms with Gasteiger partial charge in [-0.2, -0.15) is 0 Å². The third-order valence-corrected chi connectivity index (χ3v) is 4.32. The van der Waals surface area contributed by atoms with Crippen LogP contribution in [0.5, 0.6) is 0 Å².